The van der Waals surface area contributed by atoms with Crippen LogP contribution in [0.25, 0.3) is 0 Å². The molecule has 0 spiro atoms. The number of halogens is 1. The van der Waals surface area contributed by atoms with Crippen LogP contribution in [0.3, 0.4) is 0 Å². The summed E-state index contributed by atoms with van der Waals surface area (Å²) in [5, 5.41) is 0.619. The average Bonchev–Trinajstić information content (AvgIpc) is 3.36. The summed E-state index contributed by atoms with van der Waals surface area (Å²) in [6.45, 7) is 3.41. The number of carbonyl (C=O) groups excluding carboxylic acids is 2. The molecule has 1 aliphatic heterocycles. The highest BCUT2D eigenvalue weighted by molar-refractivity contribution is 7.14. The normalized spacial score (nSPS) is 28.0. The van der Waals surface area contributed by atoms with Crippen molar-refractivity contribution in [3.05, 3.63) is 40.8 Å². The highest BCUT2D eigenvalue weighted by atomic mass is 32.1. The van der Waals surface area contributed by atoms with Crippen molar-refractivity contribution >= 4 is 23.1 Å². The quantitative estimate of drug-likeness (QED) is 0.740. The number of nitrogens with zero attached hydrogens (tertiary/aromatic N) is 1. The van der Waals surface area contributed by atoms with Gasteiger partial charge in [-0.1, -0.05) is 18.2 Å². The maximum Gasteiger partial charge on any atom is 0.308 e. The van der Waals surface area contributed by atoms with Gasteiger partial charge in [0.15, 0.2) is 16.5 Å². The number of alkyl halides is 1. The van der Waals surface area contributed by atoms with Gasteiger partial charge in [0, 0.05) is 43.3 Å². The molecule has 1 fully saturated rings. The van der Waals surface area contributed by atoms with Gasteiger partial charge in [-0.05, 0) is 37.0 Å². The van der Waals surface area contributed by atoms with Crippen molar-refractivity contribution < 1.29 is 18.7 Å². The van der Waals surface area contributed by atoms with Crippen LogP contribution in [0, 0.1) is 11.8 Å². The van der Waals surface area contributed by atoms with E-state index < -0.39 is 11.6 Å². The van der Waals surface area contributed by atoms with E-state index in [2.05, 4.69) is 4.90 Å². The molecule has 0 N–H and O–H groups in total. The fourth-order valence-corrected chi connectivity index (χ4v) is 4.82. The summed E-state index contributed by atoms with van der Waals surface area (Å²) in [4.78, 5) is 27.1. The van der Waals surface area contributed by atoms with E-state index in [-0.39, 0.29) is 17.7 Å². The summed E-state index contributed by atoms with van der Waals surface area (Å²) in [6, 6.07) is 1.90. The number of esters is 1. The molecule has 0 radical (unpaired) electrons. The number of hydrogen-bond donors (Lipinski definition) is 0. The van der Waals surface area contributed by atoms with Crippen LogP contribution in [-0.4, -0.2) is 35.4 Å². The summed E-state index contributed by atoms with van der Waals surface area (Å²) >= 11 is 1.51. The minimum Gasteiger partial charge on any atom is -0.416 e. The average molecular weight is 375 g/mol. The van der Waals surface area contributed by atoms with Crippen molar-refractivity contribution in [2.45, 2.75) is 38.4 Å². The molecule has 0 aromatic carbocycles. The number of rotatable bonds is 5. The Morgan fingerprint density at radius 1 is 1.38 bits per heavy atom. The molecule has 2 unspecified atom stereocenters. The maximum absolute atomic E-state index is 15.6. The summed E-state index contributed by atoms with van der Waals surface area (Å²) < 4.78 is 20.7. The van der Waals surface area contributed by atoms with Crippen LogP contribution in [0.15, 0.2) is 30.4 Å². The smallest absolute Gasteiger partial charge is 0.308 e. The van der Waals surface area contributed by atoms with Crippen LogP contribution in [-0.2, 0) is 22.6 Å². The highest BCUT2D eigenvalue weighted by Gasteiger charge is 2.50. The summed E-state index contributed by atoms with van der Waals surface area (Å²) in [5.41, 5.74) is -0.751. The molecular weight excluding hydrogens is 353 g/mol. The molecule has 0 saturated heterocycles. The van der Waals surface area contributed by atoms with Gasteiger partial charge in [0.05, 0.1) is 0 Å². The van der Waals surface area contributed by atoms with E-state index in [1.165, 1.54) is 29.2 Å². The molecule has 1 aromatic heterocycles. The van der Waals surface area contributed by atoms with E-state index in [9.17, 15) is 9.59 Å². The summed E-state index contributed by atoms with van der Waals surface area (Å²) in [7, 11) is 0. The van der Waals surface area contributed by atoms with Crippen molar-refractivity contribution in [2.75, 3.05) is 13.1 Å². The van der Waals surface area contributed by atoms with Crippen LogP contribution < -0.4 is 4.74 Å². The van der Waals surface area contributed by atoms with Crippen LogP contribution >= 0.6 is 11.3 Å². The molecule has 3 aliphatic rings. The zero-order chi connectivity index (χ0) is 18.3. The van der Waals surface area contributed by atoms with Gasteiger partial charge >= 0.3 is 5.97 Å². The molecule has 4 rings (SSSR count). The first-order chi connectivity index (χ1) is 12.5. The minimum absolute atomic E-state index is 0.102. The predicted molar refractivity (Wildman–Crippen MR) is 97.9 cm³/mol. The predicted octanol–water partition coefficient (Wildman–Crippen LogP) is 3.46. The SMILES string of the molecule is CC(=O)Oc1cc2c(s1)CCN(CC1C=CC=CC1(F)C(=O)C1CC1)C2. The standard InChI is InChI=1S/C20H22FNO3S/c1-13(23)25-18-10-15-11-22(9-7-17(15)26-18)12-16-4-2-3-8-20(16,21)19(24)14-5-6-14/h2-4,8,10,14,16H,5-7,9,11-12H2,1H3. The van der Waals surface area contributed by atoms with Gasteiger partial charge in [-0.2, -0.15) is 0 Å². The van der Waals surface area contributed by atoms with E-state index in [1.807, 2.05) is 18.2 Å². The molecule has 138 valence electrons. The van der Waals surface area contributed by atoms with E-state index in [0.717, 1.165) is 31.4 Å². The first-order valence-corrected chi connectivity index (χ1v) is 9.89. The fourth-order valence-electron chi connectivity index (χ4n) is 3.76. The topological polar surface area (TPSA) is 46.6 Å². The Hall–Kier alpha value is -1.79. The number of fused-ring (bicyclic) bond motifs is 1. The Bertz CT molecular complexity index is 795. The number of carbonyl (C=O) groups is 2. The second-order valence-electron chi connectivity index (χ2n) is 7.35. The molecule has 26 heavy (non-hydrogen) atoms. The maximum atomic E-state index is 15.6. The molecule has 6 heteroatoms. The Kier molecular flexibility index (Phi) is 4.57. The third-order valence-corrected chi connectivity index (χ3v) is 6.40. The number of ether oxygens (including phenoxy) is 1. The number of ketones is 1. The first kappa shape index (κ1) is 17.6. The zero-order valence-electron chi connectivity index (χ0n) is 14.7. The molecule has 2 heterocycles. The van der Waals surface area contributed by atoms with Gasteiger partial charge in [-0.25, -0.2) is 4.39 Å². The van der Waals surface area contributed by atoms with Gasteiger partial charge in [0.25, 0.3) is 0 Å². The van der Waals surface area contributed by atoms with Crippen LogP contribution in [0.2, 0.25) is 0 Å². The number of hydrogen-bond acceptors (Lipinski definition) is 5. The molecule has 2 aliphatic carbocycles. The Labute approximate surface area is 156 Å². The van der Waals surface area contributed by atoms with Gasteiger partial charge in [0.2, 0.25) is 0 Å². The lowest BCUT2D eigenvalue weighted by molar-refractivity contribution is -0.132. The first-order valence-electron chi connectivity index (χ1n) is 9.07. The minimum atomic E-state index is -1.88. The molecule has 1 aromatic rings. The monoisotopic (exact) mass is 375 g/mol. The van der Waals surface area contributed by atoms with Gasteiger partial charge < -0.3 is 4.74 Å². The summed E-state index contributed by atoms with van der Waals surface area (Å²) in [5.74, 6) is -1.13. The fraction of sp³-hybridized carbons (Fsp3) is 0.500. The lowest BCUT2D eigenvalue weighted by Crippen LogP contribution is -2.47. The lowest BCUT2D eigenvalue weighted by atomic mass is 9.80. The van der Waals surface area contributed by atoms with E-state index in [4.69, 9.17) is 4.74 Å². The van der Waals surface area contributed by atoms with Gasteiger partial charge in [-0.15, -0.1) is 11.3 Å². The van der Waals surface area contributed by atoms with Crippen molar-refractivity contribution in [2.24, 2.45) is 11.8 Å². The molecule has 4 nitrogen and oxygen atoms in total. The van der Waals surface area contributed by atoms with E-state index in [1.54, 1.807) is 6.08 Å². The zero-order valence-corrected chi connectivity index (χ0v) is 15.6. The molecule has 0 amide bonds. The third kappa shape index (κ3) is 3.40. The van der Waals surface area contributed by atoms with Crippen molar-refractivity contribution in [3.63, 3.8) is 0 Å². The van der Waals surface area contributed by atoms with Gasteiger partial charge in [0.1, 0.15) is 0 Å². The largest absolute Gasteiger partial charge is 0.416 e. The number of Topliss-reactive ketones (excluding diaryl/α,β-unsaturated/α-hetero) is 1. The second kappa shape index (κ2) is 6.74. The number of allylic oxidation sites excluding steroid dienone is 3. The van der Waals surface area contributed by atoms with E-state index >= 15 is 4.39 Å². The lowest BCUT2D eigenvalue weighted by Gasteiger charge is -2.35. The van der Waals surface area contributed by atoms with Crippen molar-refractivity contribution in [1.82, 2.24) is 4.90 Å². The molecular formula is C20H22FNO3S. The third-order valence-electron chi connectivity index (χ3n) is 5.28. The Balaban J connectivity index is 1.46. The second-order valence-corrected chi connectivity index (χ2v) is 8.45. The van der Waals surface area contributed by atoms with Crippen molar-refractivity contribution in [3.8, 4) is 5.06 Å². The highest BCUT2D eigenvalue weighted by Crippen LogP contribution is 2.41. The van der Waals surface area contributed by atoms with Gasteiger partial charge in [-0.3, -0.25) is 14.5 Å². The number of thiophene rings is 1. The van der Waals surface area contributed by atoms with E-state index in [0.29, 0.717) is 18.2 Å². The Morgan fingerprint density at radius 3 is 2.92 bits per heavy atom. The van der Waals surface area contributed by atoms with Crippen LogP contribution in [0.1, 0.15) is 30.2 Å². The molecule has 0 bridgehead atoms. The van der Waals surface area contributed by atoms with Crippen molar-refractivity contribution in [1.29, 1.82) is 0 Å². The molecule has 1 saturated carbocycles. The summed E-state index contributed by atoms with van der Waals surface area (Å²) in [6.07, 6.45) is 9.23. The van der Waals surface area contributed by atoms with Crippen LogP contribution in [0.4, 0.5) is 4.39 Å². The Morgan fingerprint density at radius 2 is 2.19 bits per heavy atom. The molecule has 2 atom stereocenters. The van der Waals surface area contributed by atoms with Crippen LogP contribution in [0.5, 0.6) is 5.06 Å².